The lowest BCUT2D eigenvalue weighted by Crippen LogP contribution is -2.39. The summed E-state index contributed by atoms with van der Waals surface area (Å²) in [5, 5.41) is 4.65. The number of hydrazone groups is 1. The molecular formula is C20H23Cl2N3O5S. The molecule has 1 amide bonds. The first kappa shape index (κ1) is 24.8. The van der Waals surface area contributed by atoms with E-state index in [4.69, 9.17) is 32.7 Å². The fraction of sp³-hybridized carbons (Fsp3) is 0.300. The molecule has 31 heavy (non-hydrogen) atoms. The minimum absolute atomic E-state index is 0.176. The fourth-order valence-electron chi connectivity index (χ4n) is 2.74. The summed E-state index contributed by atoms with van der Waals surface area (Å²) in [5.41, 5.74) is 3.88. The maximum Gasteiger partial charge on any atom is 0.260 e. The number of hydrogen-bond acceptors (Lipinski definition) is 6. The predicted molar refractivity (Wildman–Crippen MR) is 123 cm³/mol. The molecule has 2 aromatic rings. The summed E-state index contributed by atoms with van der Waals surface area (Å²) in [4.78, 5) is 12.5. The van der Waals surface area contributed by atoms with Crippen LogP contribution >= 0.6 is 23.2 Å². The lowest BCUT2D eigenvalue weighted by Gasteiger charge is -2.22. The van der Waals surface area contributed by atoms with Crippen LogP contribution < -0.4 is 19.2 Å². The van der Waals surface area contributed by atoms with E-state index in [1.807, 2.05) is 6.92 Å². The zero-order chi connectivity index (χ0) is 23.2. The van der Waals surface area contributed by atoms with Crippen molar-refractivity contribution in [3.8, 4) is 11.5 Å². The zero-order valence-corrected chi connectivity index (χ0v) is 19.8. The largest absolute Gasteiger partial charge is 0.493 e. The molecule has 2 rings (SSSR count). The van der Waals surface area contributed by atoms with E-state index < -0.39 is 22.5 Å². The molecule has 2 aromatic carbocycles. The Balaban J connectivity index is 2.24. The lowest BCUT2D eigenvalue weighted by atomic mass is 10.1. The van der Waals surface area contributed by atoms with E-state index in [1.54, 1.807) is 18.2 Å². The molecule has 0 saturated carbocycles. The maximum absolute atomic E-state index is 12.5. The van der Waals surface area contributed by atoms with Crippen LogP contribution in [0.25, 0.3) is 0 Å². The van der Waals surface area contributed by atoms with Crippen LogP contribution in [0, 0.1) is 0 Å². The molecular weight excluding hydrogens is 465 g/mol. The molecule has 0 spiro atoms. The van der Waals surface area contributed by atoms with Crippen molar-refractivity contribution in [2.45, 2.75) is 13.3 Å². The summed E-state index contributed by atoms with van der Waals surface area (Å²) >= 11 is 11.9. The number of carbonyl (C=O) groups is 1. The normalized spacial score (nSPS) is 11.7. The number of carbonyl (C=O) groups excluding carboxylic acids is 1. The molecule has 8 nitrogen and oxygen atoms in total. The summed E-state index contributed by atoms with van der Waals surface area (Å²) in [7, 11) is -0.726. The first-order chi connectivity index (χ1) is 14.6. The molecule has 0 atom stereocenters. The Morgan fingerprint density at radius 3 is 2.19 bits per heavy atom. The highest BCUT2D eigenvalue weighted by atomic mass is 35.5. The highest BCUT2D eigenvalue weighted by molar-refractivity contribution is 7.92. The van der Waals surface area contributed by atoms with Crippen LogP contribution in [-0.4, -0.2) is 47.1 Å². The summed E-state index contributed by atoms with van der Waals surface area (Å²) < 4.78 is 35.9. The second kappa shape index (κ2) is 10.7. The van der Waals surface area contributed by atoms with Crippen LogP contribution in [0.5, 0.6) is 11.5 Å². The monoisotopic (exact) mass is 487 g/mol. The van der Waals surface area contributed by atoms with E-state index in [2.05, 4.69) is 10.5 Å². The van der Waals surface area contributed by atoms with Crippen LogP contribution in [0.2, 0.25) is 10.0 Å². The molecule has 0 aliphatic rings. The van der Waals surface area contributed by atoms with Gasteiger partial charge in [0.2, 0.25) is 10.0 Å². The molecule has 0 heterocycles. The summed E-state index contributed by atoms with van der Waals surface area (Å²) in [6.45, 7) is 1.38. The minimum atomic E-state index is -3.78. The highest BCUT2D eigenvalue weighted by Crippen LogP contribution is 2.28. The highest BCUT2D eigenvalue weighted by Gasteiger charge is 2.22. The number of methoxy groups -OCH3 is 2. The Bertz CT molecular complexity index is 1070. The van der Waals surface area contributed by atoms with Crippen molar-refractivity contribution in [3.63, 3.8) is 0 Å². The van der Waals surface area contributed by atoms with E-state index in [1.165, 1.54) is 32.4 Å². The van der Waals surface area contributed by atoms with Crippen molar-refractivity contribution in [1.82, 2.24) is 5.43 Å². The third-order valence-electron chi connectivity index (χ3n) is 4.19. The predicted octanol–water partition coefficient (Wildman–Crippen LogP) is 3.71. The standard InChI is InChI=1S/C20H23Cl2N3O5S/c1-5-17(13-6-7-18(29-2)19(8-13)30-3)23-24-20(26)12-25(31(4,27)28)16-10-14(21)9-15(22)11-16/h6-11H,5,12H2,1-4H3,(H,24,26)/b23-17-. The van der Waals surface area contributed by atoms with Crippen molar-refractivity contribution in [1.29, 1.82) is 0 Å². The van der Waals surface area contributed by atoms with Gasteiger partial charge < -0.3 is 9.47 Å². The van der Waals surface area contributed by atoms with Crippen LogP contribution in [0.4, 0.5) is 5.69 Å². The number of anilines is 1. The van der Waals surface area contributed by atoms with Gasteiger partial charge in [0.15, 0.2) is 11.5 Å². The summed E-state index contributed by atoms with van der Waals surface area (Å²) in [5.74, 6) is 0.455. The number of halogens is 2. The quantitative estimate of drug-likeness (QED) is 0.429. The van der Waals surface area contributed by atoms with E-state index in [0.29, 0.717) is 23.6 Å². The first-order valence-corrected chi connectivity index (χ1v) is 11.7. The molecule has 0 bridgehead atoms. The molecule has 0 fully saturated rings. The van der Waals surface area contributed by atoms with Gasteiger partial charge in [0.05, 0.1) is 31.9 Å². The first-order valence-electron chi connectivity index (χ1n) is 9.10. The second-order valence-corrected chi connectivity index (χ2v) is 9.19. The van der Waals surface area contributed by atoms with E-state index in [9.17, 15) is 13.2 Å². The molecule has 168 valence electrons. The summed E-state index contributed by atoms with van der Waals surface area (Å²) in [6, 6.07) is 9.54. The average molecular weight is 488 g/mol. The van der Waals surface area contributed by atoms with E-state index in [-0.39, 0.29) is 15.7 Å². The van der Waals surface area contributed by atoms with Gasteiger partial charge in [-0.25, -0.2) is 13.8 Å². The third-order valence-corrected chi connectivity index (χ3v) is 5.77. The minimum Gasteiger partial charge on any atom is -0.493 e. The van der Waals surface area contributed by atoms with Gasteiger partial charge in [0.25, 0.3) is 5.91 Å². The van der Waals surface area contributed by atoms with Gasteiger partial charge in [-0.1, -0.05) is 30.1 Å². The van der Waals surface area contributed by atoms with Crippen LogP contribution in [0.1, 0.15) is 18.9 Å². The smallest absolute Gasteiger partial charge is 0.260 e. The lowest BCUT2D eigenvalue weighted by molar-refractivity contribution is -0.119. The molecule has 0 radical (unpaired) electrons. The Labute approximate surface area is 191 Å². The van der Waals surface area contributed by atoms with Crippen molar-refractivity contribution < 1.29 is 22.7 Å². The van der Waals surface area contributed by atoms with Crippen molar-refractivity contribution in [2.75, 3.05) is 31.3 Å². The van der Waals surface area contributed by atoms with E-state index in [0.717, 1.165) is 16.1 Å². The topological polar surface area (TPSA) is 97.3 Å². The number of nitrogens with zero attached hydrogens (tertiary/aromatic N) is 2. The Kier molecular flexibility index (Phi) is 8.55. The van der Waals surface area contributed by atoms with E-state index >= 15 is 0 Å². The van der Waals surface area contributed by atoms with Crippen molar-refractivity contribution >= 4 is 50.5 Å². The van der Waals surface area contributed by atoms with Crippen LogP contribution in [0.15, 0.2) is 41.5 Å². The number of hydrogen-bond donors (Lipinski definition) is 1. The number of amides is 1. The zero-order valence-electron chi connectivity index (χ0n) is 17.5. The van der Waals surface area contributed by atoms with Gasteiger partial charge in [-0.2, -0.15) is 5.10 Å². The number of benzene rings is 2. The number of nitrogens with one attached hydrogen (secondary N) is 1. The second-order valence-electron chi connectivity index (χ2n) is 6.41. The molecule has 11 heteroatoms. The van der Waals surface area contributed by atoms with Gasteiger partial charge in [0, 0.05) is 15.6 Å². The Morgan fingerprint density at radius 2 is 1.68 bits per heavy atom. The van der Waals surface area contributed by atoms with Gasteiger partial charge >= 0.3 is 0 Å². The Morgan fingerprint density at radius 1 is 1.06 bits per heavy atom. The van der Waals surface area contributed by atoms with Crippen LogP contribution in [-0.2, 0) is 14.8 Å². The number of ether oxygens (including phenoxy) is 2. The van der Waals surface area contributed by atoms with Gasteiger partial charge in [-0.05, 0) is 42.8 Å². The number of sulfonamides is 1. The third kappa shape index (κ3) is 6.75. The number of rotatable bonds is 9. The SMILES string of the molecule is CC/C(=N/NC(=O)CN(c1cc(Cl)cc(Cl)c1)S(C)(=O)=O)c1ccc(OC)c(OC)c1. The summed E-state index contributed by atoms with van der Waals surface area (Å²) in [6.07, 6.45) is 1.49. The molecule has 0 aromatic heterocycles. The Hall–Kier alpha value is -2.49. The molecule has 0 saturated heterocycles. The fourth-order valence-corrected chi connectivity index (χ4v) is 4.10. The average Bonchev–Trinajstić information content (AvgIpc) is 2.70. The molecule has 0 aliphatic heterocycles. The van der Waals surface area contributed by atoms with Crippen molar-refractivity contribution in [2.24, 2.45) is 5.10 Å². The molecule has 1 N–H and O–H groups in total. The van der Waals surface area contributed by atoms with Crippen LogP contribution in [0.3, 0.4) is 0 Å². The van der Waals surface area contributed by atoms with Gasteiger partial charge in [0.1, 0.15) is 6.54 Å². The molecule has 0 unspecified atom stereocenters. The molecule has 0 aliphatic carbocycles. The van der Waals surface area contributed by atoms with Gasteiger partial charge in [-0.3, -0.25) is 9.10 Å². The van der Waals surface area contributed by atoms with Gasteiger partial charge in [-0.15, -0.1) is 0 Å². The van der Waals surface area contributed by atoms with Crippen molar-refractivity contribution in [3.05, 3.63) is 52.0 Å². The maximum atomic E-state index is 12.5.